The maximum absolute atomic E-state index is 11.5. The average molecular weight is 381 g/mol. The third kappa shape index (κ3) is 3.61. The van der Waals surface area contributed by atoms with Crippen molar-refractivity contribution in [3.05, 3.63) is 66.5 Å². The van der Waals surface area contributed by atoms with Gasteiger partial charge in [-0.25, -0.2) is 13.6 Å². The number of primary sulfonamides is 1. The summed E-state index contributed by atoms with van der Waals surface area (Å²) < 4.78 is 24.6. The van der Waals surface area contributed by atoms with E-state index in [1.54, 1.807) is 41.2 Å². The molecular formula is C17H15N7O2S. The van der Waals surface area contributed by atoms with Crippen LogP contribution < -0.4 is 10.5 Å². The molecule has 0 saturated carbocycles. The second-order valence-electron chi connectivity index (χ2n) is 5.79. The van der Waals surface area contributed by atoms with E-state index in [9.17, 15) is 8.42 Å². The lowest BCUT2D eigenvalue weighted by molar-refractivity contribution is 0.597. The number of nitrogens with two attached hydrogens (primary N) is 1. The SMILES string of the molecule is NS(=O)(=O)c1cccc(CNc2ccc3nnc(-c4ccncc4)n3n2)c1. The summed E-state index contributed by atoms with van der Waals surface area (Å²) >= 11 is 0. The lowest BCUT2D eigenvalue weighted by atomic mass is 10.2. The molecule has 0 radical (unpaired) electrons. The number of nitrogens with one attached hydrogen (secondary N) is 1. The molecule has 9 nitrogen and oxygen atoms in total. The Bertz CT molecular complexity index is 1210. The first-order valence-electron chi connectivity index (χ1n) is 7.99. The van der Waals surface area contributed by atoms with E-state index in [2.05, 4.69) is 25.6 Å². The lowest BCUT2D eigenvalue weighted by Crippen LogP contribution is -2.12. The Morgan fingerprint density at radius 1 is 1.04 bits per heavy atom. The van der Waals surface area contributed by atoms with E-state index in [0.717, 1.165) is 11.1 Å². The maximum atomic E-state index is 11.5. The van der Waals surface area contributed by atoms with Gasteiger partial charge in [0.25, 0.3) is 0 Å². The van der Waals surface area contributed by atoms with E-state index in [0.29, 0.717) is 23.8 Å². The zero-order chi connectivity index (χ0) is 18.9. The van der Waals surface area contributed by atoms with Crippen LogP contribution in [0.4, 0.5) is 5.82 Å². The number of fused-ring (bicyclic) bond motifs is 1. The first-order valence-corrected chi connectivity index (χ1v) is 9.54. The Labute approximate surface area is 154 Å². The molecule has 1 aromatic carbocycles. The van der Waals surface area contributed by atoms with Gasteiger partial charge in [-0.3, -0.25) is 4.98 Å². The molecule has 0 fully saturated rings. The fourth-order valence-electron chi connectivity index (χ4n) is 2.59. The second-order valence-corrected chi connectivity index (χ2v) is 7.36. The normalized spacial score (nSPS) is 11.6. The number of anilines is 1. The Morgan fingerprint density at radius 2 is 1.85 bits per heavy atom. The van der Waals surface area contributed by atoms with Gasteiger partial charge in [-0.05, 0) is 42.0 Å². The summed E-state index contributed by atoms with van der Waals surface area (Å²) in [5.41, 5.74) is 2.23. The number of hydrogen-bond acceptors (Lipinski definition) is 7. The van der Waals surface area contributed by atoms with Crippen LogP contribution in [0.3, 0.4) is 0 Å². The zero-order valence-corrected chi connectivity index (χ0v) is 14.8. The minimum absolute atomic E-state index is 0.0731. The quantitative estimate of drug-likeness (QED) is 0.535. The van der Waals surface area contributed by atoms with Crippen LogP contribution in [0.2, 0.25) is 0 Å². The molecule has 0 aliphatic heterocycles. The van der Waals surface area contributed by atoms with Crippen LogP contribution in [0.5, 0.6) is 0 Å². The van der Waals surface area contributed by atoms with Gasteiger partial charge in [-0.15, -0.1) is 15.3 Å². The largest absolute Gasteiger partial charge is 0.365 e. The van der Waals surface area contributed by atoms with Gasteiger partial charge in [-0.2, -0.15) is 4.52 Å². The average Bonchev–Trinajstić information content (AvgIpc) is 3.10. The highest BCUT2D eigenvalue weighted by Crippen LogP contribution is 2.18. The third-order valence-electron chi connectivity index (χ3n) is 3.90. The molecule has 0 amide bonds. The van der Waals surface area contributed by atoms with Gasteiger partial charge < -0.3 is 5.32 Å². The monoisotopic (exact) mass is 381 g/mol. The highest BCUT2D eigenvalue weighted by atomic mass is 32.2. The van der Waals surface area contributed by atoms with Gasteiger partial charge in [0.05, 0.1) is 4.90 Å². The van der Waals surface area contributed by atoms with E-state index in [1.165, 1.54) is 12.1 Å². The van der Waals surface area contributed by atoms with Crippen molar-refractivity contribution in [2.45, 2.75) is 11.4 Å². The second kappa shape index (κ2) is 6.74. The van der Waals surface area contributed by atoms with Gasteiger partial charge in [0.15, 0.2) is 11.5 Å². The van der Waals surface area contributed by atoms with E-state index in [4.69, 9.17) is 5.14 Å². The number of rotatable bonds is 5. The molecule has 0 aliphatic carbocycles. The molecule has 0 spiro atoms. The van der Waals surface area contributed by atoms with Crippen molar-refractivity contribution in [1.29, 1.82) is 0 Å². The van der Waals surface area contributed by atoms with Crippen LogP contribution >= 0.6 is 0 Å². The van der Waals surface area contributed by atoms with Crippen molar-refractivity contribution in [3.8, 4) is 11.4 Å². The summed E-state index contributed by atoms with van der Waals surface area (Å²) in [6.45, 7) is 0.384. The molecule has 0 saturated heterocycles. The highest BCUT2D eigenvalue weighted by Gasteiger charge is 2.11. The van der Waals surface area contributed by atoms with Crippen LogP contribution in [0.15, 0.2) is 65.8 Å². The topological polar surface area (TPSA) is 128 Å². The number of aromatic nitrogens is 5. The minimum Gasteiger partial charge on any atom is -0.365 e. The van der Waals surface area contributed by atoms with Crippen molar-refractivity contribution in [2.75, 3.05) is 5.32 Å². The smallest absolute Gasteiger partial charge is 0.238 e. The van der Waals surface area contributed by atoms with Crippen molar-refractivity contribution >= 4 is 21.5 Å². The first kappa shape index (κ1) is 17.1. The third-order valence-corrected chi connectivity index (χ3v) is 4.81. The standard InChI is InChI=1S/C17H15N7O2S/c18-27(25,26)14-3-1-2-12(10-14)11-20-15-4-5-16-21-22-17(24(16)23-15)13-6-8-19-9-7-13/h1-10H,11H2,(H,20,23)(H2,18,25,26). The van der Waals surface area contributed by atoms with Crippen LogP contribution in [0, 0.1) is 0 Å². The Balaban J connectivity index is 1.60. The summed E-state index contributed by atoms with van der Waals surface area (Å²) in [6.07, 6.45) is 3.36. The molecule has 27 heavy (non-hydrogen) atoms. The summed E-state index contributed by atoms with van der Waals surface area (Å²) in [7, 11) is -3.73. The van der Waals surface area contributed by atoms with Crippen LogP contribution in [0.1, 0.15) is 5.56 Å². The van der Waals surface area contributed by atoms with Crippen molar-refractivity contribution in [3.63, 3.8) is 0 Å². The van der Waals surface area contributed by atoms with Crippen LogP contribution in [-0.2, 0) is 16.6 Å². The summed E-state index contributed by atoms with van der Waals surface area (Å²) in [5.74, 6) is 1.20. The highest BCUT2D eigenvalue weighted by molar-refractivity contribution is 7.89. The van der Waals surface area contributed by atoms with E-state index >= 15 is 0 Å². The van der Waals surface area contributed by atoms with Crippen LogP contribution in [0.25, 0.3) is 17.0 Å². The molecule has 3 heterocycles. The van der Waals surface area contributed by atoms with Gasteiger partial charge in [-0.1, -0.05) is 12.1 Å². The molecule has 3 N–H and O–H groups in total. The Hall–Kier alpha value is -3.37. The van der Waals surface area contributed by atoms with E-state index in [-0.39, 0.29) is 4.90 Å². The van der Waals surface area contributed by atoms with E-state index in [1.807, 2.05) is 12.1 Å². The molecule has 0 aliphatic rings. The van der Waals surface area contributed by atoms with Gasteiger partial charge >= 0.3 is 0 Å². The molecule has 3 aromatic heterocycles. The van der Waals surface area contributed by atoms with Crippen molar-refractivity contribution in [2.24, 2.45) is 5.14 Å². The molecule has 4 rings (SSSR count). The van der Waals surface area contributed by atoms with Crippen molar-refractivity contribution < 1.29 is 8.42 Å². The van der Waals surface area contributed by atoms with Crippen LogP contribution in [-0.4, -0.2) is 33.2 Å². The number of benzene rings is 1. The number of pyridine rings is 1. The molecule has 10 heteroatoms. The number of sulfonamides is 1. The summed E-state index contributed by atoms with van der Waals surface area (Å²) in [4.78, 5) is 4.07. The van der Waals surface area contributed by atoms with Crippen molar-refractivity contribution in [1.82, 2.24) is 24.8 Å². The fourth-order valence-corrected chi connectivity index (χ4v) is 3.17. The maximum Gasteiger partial charge on any atom is 0.238 e. The summed E-state index contributed by atoms with van der Waals surface area (Å²) in [6, 6.07) is 13.7. The van der Waals surface area contributed by atoms with E-state index < -0.39 is 10.0 Å². The minimum atomic E-state index is -3.73. The van der Waals surface area contributed by atoms with Gasteiger partial charge in [0.1, 0.15) is 5.82 Å². The zero-order valence-electron chi connectivity index (χ0n) is 14.0. The fraction of sp³-hybridized carbons (Fsp3) is 0.0588. The molecular weight excluding hydrogens is 366 g/mol. The first-order chi connectivity index (χ1) is 13.0. The Morgan fingerprint density at radius 3 is 2.63 bits per heavy atom. The molecule has 136 valence electrons. The predicted molar refractivity (Wildman–Crippen MR) is 99.2 cm³/mol. The van der Waals surface area contributed by atoms with Gasteiger partial charge in [0, 0.05) is 24.5 Å². The lowest BCUT2D eigenvalue weighted by Gasteiger charge is -2.08. The summed E-state index contributed by atoms with van der Waals surface area (Å²) in [5, 5.41) is 21.1. The Kier molecular flexibility index (Phi) is 4.26. The molecule has 4 aromatic rings. The molecule has 0 bridgehead atoms. The molecule has 0 atom stereocenters. The predicted octanol–water partition coefficient (Wildman–Crippen LogP) is 1.45. The molecule has 0 unspecified atom stereocenters. The van der Waals surface area contributed by atoms with Gasteiger partial charge in [0.2, 0.25) is 10.0 Å². The number of nitrogens with zero attached hydrogens (tertiary/aromatic N) is 5. The number of hydrogen-bond donors (Lipinski definition) is 2.